The van der Waals surface area contributed by atoms with Crippen molar-refractivity contribution in [3.8, 4) is 0 Å². The first-order valence-electron chi connectivity index (χ1n) is 3.84. The molecule has 0 bridgehead atoms. The predicted molar refractivity (Wildman–Crippen MR) is 45.0 cm³/mol. The van der Waals surface area contributed by atoms with Crippen LogP contribution in [0.3, 0.4) is 0 Å². The Morgan fingerprint density at radius 2 is 2.31 bits per heavy atom. The fourth-order valence-electron chi connectivity index (χ4n) is 0.721. The third kappa shape index (κ3) is 2.73. The average Bonchev–Trinajstić information content (AvgIpc) is 2.47. The first-order chi connectivity index (χ1) is 6.09. The molecule has 0 aliphatic heterocycles. The summed E-state index contributed by atoms with van der Waals surface area (Å²) >= 11 is 0. The molecule has 0 aliphatic carbocycles. The van der Waals surface area contributed by atoms with Crippen molar-refractivity contribution in [3.63, 3.8) is 0 Å². The summed E-state index contributed by atoms with van der Waals surface area (Å²) in [6.07, 6.45) is 0. The minimum atomic E-state index is -0.184. The zero-order valence-corrected chi connectivity index (χ0v) is 7.87. The lowest BCUT2D eigenvalue weighted by molar-refractivity contribution is 0.215. The first kappa shape index (κ1) is 9.50. The molecular weight excluding hydrogens is 172 g/mol. The van der Waals surface area contributed by atoms with Crippen LogP contribution in [0, 0.1) is 6.92 Å². The third-order valence-electron chi connectivity index (χ3n) is 1.37. The molecule has 6 heteroatoms. The van der Waals surface area contributed by atoms with Gasteiger partial charge in [-0.25, -0.2) is 4.79 Å². The van der Waals surface area contributed by atoms with Crippen molar-refractivity contribution in [2.45, 2.75) is 13.5 Å². The number of hydrogen-bond acceptors (Lipinski definition) is 4. The molecule has 1 heterocycles. The zero-order chi connectivity index (χ0) is 9.84. The van der Waals surface area contributed by atoms with Crippen LogP contribution in [0.25, 0.3) is 0 Å². The molecular formula is C7H12N4O2. The Labute approximate surface area is 75.9 Å². The second kappa shape index (κ2) is 3.88. The van der Waals surface area contributed by atoms with Crippen molar-refractivity contribution in [2.24, 2.45) is 0 Å². The van der Waals surface area contributed by atoms with Crippen molar-refractivity contribution >= 4 is 6.03 Å². The van der Waals surface area contributed by atoms with Crippen LogP contribution < -0.4 is 5.32 Å². The lowest BCUT2D eigenvalue weighted by atomic mass is 10.6. The number of nitrogens with one attached hydrogen (secondary N) is 1. The summed E-state index contributed by atoms with van der Waals surface area (Å²) in [6.45, 7) is 1.98. The van der Waals surface area contributed by atoms with Gasteiger partial charge in [0.25, 0.3) is 0 Å². The Kier molecular flexibility index (Phi) is 2.84. The Hall–Kier alpha value is -1.59. The van der Waals surface area contributed by atoms with Gasteiger partial charge in [-0.05, 0) is 6.92 Å². The van der Waals surface area contributed by atoms with Gasteiger partial charge in [-0.2, -0.15) is 4.98 Å². The summed E-state index contributed by atoms with van der Waals surface area (Å²) in [5, 5.41) is 6.19. The molecule has 0 spiro atoms. The molecule has 1 rings (SSSR count). The molecule has 6 nitrogen and oxygen atoms in total. The number of nitrogens with zero attached hydrogens (tertiary/aromatic N) is 3. The van der Waals surface area contributed by atoms with Gasteiger partial charge >= 0.3 is 6.03 Å². The second-order valence-corrected chi connectivity index (χ2v) is 2.79. The van der Waals surface area contributed by atoms with Gasteiger partial charge in [-0.3, -0.25) is 0 Å². The zero-order valence-electron chi connectivity index (χ0n) is 7.87. The predicted octanol–water partition coefficient (Wildman–Crippen LogP) is 0.149. The lowest BCUT2D eigenvalue weighted by Gasteiger charge is -2.09. The highest BCUT2D eigenvalue weighted by Crippen LogP contribution is 1.94. The molecule has 2 amide bonds. The van der Waals surface area contributed by atoms with E-state index in [0.29, 0.717) is 11.7 Å². The van der Waals surface area contributed by atoms with Crippen LogP contribution in [0.5, 0.6) is 0 Å². The molecule has 0 unspecified atom stereocenters. The Bertz CT molecular complexity index is 294. The van der Waals surface area contributed by atoms with Crippen LogP contribution in [-0.2, 0) is 6.54 Å². The third-order valence-corrected chi connectivity index (χ3v) is 1.37. The van der Waals surface area contributed by atoms with E-state index >= 15 is 0 Å². The number of aromatic nitrogens is 2. The fraction of sp³-hybridized carbons (Fsp3) is 0.571. The van der Waals surface area contributed by atoms with E-state index in [4.69, 9.17) is 4.52 Å². The molecule has 13 heavy (non-hydrogen) atoms. The van der Waals surface area contributed by atoms with E-state index in [0.717, 1.165) is 0 Å². The molecule has 0 saturated carbocycles. The Morgan fingerprint density at radius 1 is 1.62 bits per heavy atom. The van der Waals surface area contributed by atoms with E-state index in [-0.39, 0.29) is 12.6 Å². The van der Waals surface area contributed by atoms with Gasteiger partial charge in [-0.15, -0.1) is 0 Å². The van der Waals surface area contributed by atoms with Crippen molar-refractivity contribution < 1.29 is 9.32 Å². The summed E-state index contributed by atoms with van der Waals surface area (Å²) in [4.78, 5) is 16.4. The summed E-state index contributed by atoms with van der Waals surface area (Å²) in [5.74, 6) is 0.974. The number of carbonyl (C=O) groups is 1. The average molecular weight is 184 g/mol. The molecule has 0 fully saturated rings. The van der Waals surface area contributed by atoms with Gasteiger partial charge < -0.3 is 14.7 Å². The van der Waals surface area contributed by atoms with Crippen molar-refractivity contribution in [2.75, 3.05) is 14.1 Å². The van der Waals surface area contributed by atoms with E-state index in [1.165, 1.54) is 4.90 Å². The Morgan fingerprint density at radius 3 is 2.77 bits per heavy atom. The van der Waals surface area contributed by atoms with Crippen LogP contribution in [0.4, 0.5) is 4.79 Å². The maximum Gasteiger partial charge on any atom is 0.317 e. The highest BCUT2D eigenvalue weighted by Gasteiger charge is 2.06. The molecule has 1 aromatic heterocycles. The maximum absolute atomic E-state index is 11.0. The Balaban J connectivity index is 2.39. The number of amides is 2. The largest absolute Gasteiger partial charge is 0.337 e. The van der Waals surface area contributed by atoms with E-state index in [1.807, 2.05) is 0 Å². The van der Waals surface area contributed by atoms with Crippen molar-refractivity contribution in [1.29, 1.82) is 0 Å². The van der Waals surface area contributed by atoms with Crippen molar-refractivity contribution in [3.05, 3.63) is 11.7 Å². The minimum Gasteiger partial charge on any atom is -0.337 e. The number of carbonyl (C=O) groups excluding carboxylic acids is 1. The van der Waals surface area contributed by atoms with Crippen molar-refractivity contribution in [1.82, 2.24) is 20.4 Å². The molecule has 1 aromatic rings. The normalized spacial score (nSPS) is 9.77. The molecule has 0 saturated heterocycles. The number of rotatable bonds is 2. The second-order valence-electron chi connectivity index (χ2n) is 2.79. The van der Waals surface area contributed by atoms with E-state index in [9.17, 15) is 4.79 Å². The van der Waals surface area contributed by atoms with Crippen LogP contribution in [0.1, 0.15) is 11.7 Å². The van der Waals surface area contributed by atoms with Gasteiger partial charge in [0.1, 0.15) is 0 Å². The summed E-state index contributed by atoms with van der Waals surface area (Å²) in [5.41, 5.74) is 0. The van der Waals surface area contributed by atoms with Gasteiger partial charge in [0, 0.05) is 14.1 Å². The maximum atomic E-state index is 11.0. The highest BCUT2D eigenvalue weighted by atomic mass is 16.5. The van der Waals surface area contributed by atoms with Crippen LogP contribution >= 0.6 is 0 Å². The monoisotopic (exact) mass is 184 g/mol. The molecule has 72 valence electrons. The summed E-state index contributed by atoms with van der Waals surface area (Å²) in [6, 6.07) is -0.184. The van der Waals surface area contributed by atoms with E-state index in [2.05, 4.69) is 15.5 Å². The quantitative estimate of drug-likeness (QED) is 0.710. The molecule has 0 radical (unpaired) electrons. The highest BCUT2D eigenvalue weighted by molar-refractivity contribution is 5.73. The molecule has 1 N–H and O–H groups in total. The van der Waals surface area contributed by atoms with E-state index in [1.54, 1.807) is 21.0 Å². The number of hydrogen-bond donors (Lipinski definition) is 1. The van der Waals surface area contributed by atoms with Crippen LogP contribution in [0.2, 0.25) is 0 Å². The summed E-state index contributed by atoms with van der Waals surface area (Å²) < 4.78 is 4.80. The van der Waals surface area contributed by atoms with Crippen LogP contribution in [0.15, 0.2) is 4.52 Å². The smallest absolute Gasteiger partial charge is 0.317 e. The minimum absolute atomic E-state index is 0.184. The van der Waals surface area contributed by atoms with Gasteiger partial charge in [-0.1, -0.05) is 5.16 Å². The lowest BCUT2D eigenvalue weighted by Crippen LogP contribution is -2.34. The molecule has 0 aromatic carbocycles. The molecule has 0 atom stereocenters. The SMILES string of the molecule is Cc1noc(CNC(=O)N(C)C)n1. The van der Waals surface area contributed by atoms with Gasteiger partial charge in [0.15, 0.2) is 5.82 Å². The first-order valence-corrected chi connectivity index (χ1v) is 3.84. The molecule has 0 aliphatic rings. The van der Waals surface area contributed by atoms with E-state index < -0.39 is 0 Å². The number of aryl methyl sites for hydroxylation is 1. The van der Waals surface area contributed by atoms with Gasteiger partial charge in [0.2, 0.25) is 5.89 Å². The van der Waals surface area contributed by atoms with Crippen LogP contribution in [-0.4, -0.2) is 35.2 Å². The van der Waals surface area contributed by atoms with Gasteiger partial charge in [0.05, 0.1) is 6.54 Å². The fourth-order valence-corrected chi connectivity index (χ4v) is 0.721. The number of urea groups is 1. The summed E-state index contributed by atoms with van der Waals surface area (Å²) in [7, 11) is 3.32. The standard InChI is InChI=1S/C7H12N4O2/c1-5-9-6(13-10-5)4-8-7(12)11(2)3/h4H2,1-3H3,(H,8,12). The topological polar surface area (TPSA) is 71.3 Å².